The number of rotatable bonds is 5. The van der Waals surface area contributed by atoms with Gasteiger partial charge in [-0.25, -0.2) is 14.1 Å². The Morgan fingerprint density at radius 3 is 2.71 bits per heavy atom. The van der Waals surface area contributed by atoms with Crippen LogP contribution >= 0.6 is 0 Å². The van der Waals surface area contributed by atoms with Gasteiger partial charge in [0.25, 0.3) is 0 Å². The van der Waals surface area contributed by atoms with Crippen LogP contribution in [0.25, 0.3) is 5.69 Å². The minimum Gasteiger partial charge on any atom is -0.349 e. The molecule has 2 aromatic carbocycles. The monoisotopic (exact) mass is 324 g/mol. The zero-order chi connectivity index (χ0) is 16.9. The first-order valence-electron chi connectivity index (χ1n) is 7.60. The van der Waals surface area contributed by atoms with E-state index in [9.17, 15) is 9.18 Å². The molecule has 0 saturated heterocycles. The SMILES string of the molecule is C[C@@H](NC(=O)Cc1cccc(F)c1)c1ccc(-n2cncn2)cc1. The number of halogens is 1. The fourth-order valence-electron chi connectivity index (χ4n) is 2.47. The van der Waals surface area contributed by atoms with Crippen molar-refractivity contribution in [1.29, 1.82) is 0 Å². The molecule has 1 amide bonds. The minimum absolute atomic E-state index is 0.143. The van der Waals surface area contributed by atoms with E-state index in [-0.39, 0.29) is 24.2 Å². The van der Waals surface area contributed by atoms with Gasteiger partial charge < -0.3 is 5.32 Å². The van der Waals surface area contributed by atoms with Crippen LogP contribution in [0.15, 0.2) is 61.2 Å². The molecule has 1 heterocycles. The molecular formula is C18H17FN4O. The largest absolute Gasteiger partial charge is 0.349 e. The Kier molecular flexibility index (Phi) is 4.65. The van der Waals surface area contributed by atoms with Crippen LogP contribution in [0.2, 0.25) is 0 Å². The van der Waals surface area contributed by atoms with Crippen molar-refractivity contribution in [3.8, 4) is 5.69 Å². The van der Waals surface area contributed by atoms with Gasteiger partial charge in [-0.1, -0.05) is 24.3 Å². The minimum atomic E-state index is -0.336. The molecule has 1 atom stereocenters. The van der Waals surface area contributed by atoms with Gasteiger partial charge in [-0.15, -0.1) is 0 Å². The second-order valence-corrected chi connectivity index (χ2v) is 5.53. The molecule has 3 aromatic rings. The molecular weight excluding hydrogens is 307 g/mol. The zero-order valence-electron chi connectivity index (χ0n) is 13.2. The predicted molar refractivity (Wildman–Crippen MR) is 88.0 cm³/mol. The van der Waals surface area contributed by atoms with E-state index < -0.39 is 0 Å². The number of hydrogen-bond donors (Lipinski definition) is 1. The molecule has 0 aliphatic rings. The van der Waals surface area contributed by atoms with Crippen molar-refractivity contribution in [2.75, 3.05) is 0 Å². The van der Waals surface area contributed by atoms with Crippen LogP contribution in [-0.2, 0) is 11.2 Å². The molecule has 0 radical (unpaired) electrons. The molecule has 0 aliphatic heterocycles. The van der Waals surface area contributed by atoms with E-state index in [1.807, 2.05) is 31.2 Å². The number of amides is 1. The van der Waals surface area contributed by atoms with E-state index in [1.165, 1.54) is 18.5 Å². The molecule has 5 nitrogen and oxygen atoms in total. The van der Waals surface area contributed by atoms with Crippen molar-refractivity contribution in [2.24, 2.45) is 0 Å². The van der Waals surface area contributed by atoms with Gasteiger partial charge >= 0.3 is 0 Å². The third-order valence-corrected chi connectivity index (χ3v) is 3.71. The Bertz CT molecular complexity index is 815. The Hall–Kier alpha value is -3.02. The predicted octanol–water partition coefficient (Wildman–Crippen LogP) is 2.83. The van der Waals surface area contributed by atoms with Crippen LogP contribution in [0, 0.1) is 5.82 Å². The van der Waals surface area contributed by atoms with Gasteiger partial charge in [-0.05, 0) is 42.3 Å². The molecule has 0 bridgehead atoms. The standard InChI is InChI=1S/C18H17FN4O/c1-13(22-18(24)10-14-3-2-4-16(19)9-14)15-5-7-17(8-6-15)23-12-20-11-21-23/h2-9,11-13H,10H2,1H3,(H,22,24)/t13-/m1/s1. The number of aromatic nitrogens is 3. The Balaban J connectivity index is 1.62. The number of carbonyl (C=O) groups is 1. The molecule has 122 valence electrons. The summed E-state index contributed by atoms with van der Waals surface area (Å²) in [5.41, 5.74) is 2.53. The molecule has 3 rings (SSSR count). The quantitative estimate of drug-likeness (QED) is 0.785. The maximum Gasteiger partial charge on any atom is 0.224 e. The van der Waals surface area contributed by atoms with E-state index in [2.05, 4.69) is 15.4 Å². The van der Waals surface area contributed by atoms with E-state index in [1.54, 1.807) is 23.1 Å². The summed E-state index contributed by atoms with van der Waals surface area (Å²) in [7, 11) is 0. The van der Waals surface area contributed by atoms with Crippen molar-refractivity contribution in [3.05, 3.63) is 78.1 Å². The molecule has 0 unspecified atom stereocenters. The summed E-state index contributed by atoms with van der Waals surface area (Å²) < 4.78 is 14.8. The Labute approximate surface area is 139 Å². The summed E-state index contributed by atoms with van der Waals surface area (Å²) in [6.07, 6.45) is 3.25. The highest BCUT2D eigenvalue weighted by Gasteiger charge is 2.11. The highest BCUT2D eigenvalue weighted by Crippen LogP contribution is 2.15. The highest BCUT2D eigenvalue weighted by molar-refractivity contribution is 5.79. The molecule has 1 aromatic heterocycles. The van der Waals surface area contributed by atoms with Crippen molar-refractivity contribution in [2.45, 2.75) is 19.4 Å². The number of nitrogens with one attached hydrogen (secondary N) is 1. The van der Waals surface area contributed by atoms with Crippen LogP contribution in [0.5, 0.6) is 0 Å². The number of hydrogen-bond acceptors (Lipinski definition) is 3. The summed E-state index contributed by atoms with van der Waals surface area (Å²) in [6, 6.07) is 13.6. The molecule has 0 saturated carbocycles. The Morgan fingerprint density at radius 1 is 1.25 bits per heavy atom. The van der Waals surface area contributed by atoms with Gasteiger partial charge in [0.2, 0.25) is 5.91 Å². The normalized spacial score (nSPS) is 11.9. The average Bonchev–Trinajstić information content (AvgIpc) is 3.09. The fourth-order valence-corrected chi connectivity index (χ4v) is 2.47. The van der Waals surface area contributed by atoms with Crippen LogP contribution in [0.1, 0.15) is 24.1 Å². The molecule has 0 aliphatic carbocycles. The summed E-state index contributed by atoms with van der Waals surface area (Å²) in [6.45, 7) is 1.91. The molecule has 6 heteroatoms. The van der Waals surface area contributed by atoms with Gasteiger partial charge in [-0.3, -0.25) is 4.79 Å². The van der Waals surface area contributed by atoms with Crippen LogP contribution < -0.4 is 5.32 Å². The lowest BCUT2D eigenvalue weighted by molar-refractivity contribution is -0.121. The summed E-state index contributed by atoms with van der Waals surface area (Å²) >= 11 is 0. The van der Waals surface area contributed by atoms with Crippen LogP contribution in [0.3, 0.4) is 0 Å². The second kappa shape index (κ2) is 7.04. The lowest BCUT2D eigenvalue weighted by Gasteiger charge is -2.15. The molecule has 0 fully saturated rings. The number of carbonyl (C=O) groups excluding carboxylic acids is 1. The second-order valence-electron chi connectivity index (χ2n) is 5.53. The lowest BCUT2D eigenvalue weighted by atomic mass is 10.1. The highest BCUT2D eigenvalue weighted by atomic mass is 19.1. The summed E-state index contributed by atoms with van der Waals surface area (Å²) in [5, 5.41) is 6.99. The fraction of sp³-hybridized carbons (Fsp3) is 0.167. The Morgan fingerprint density at radius 2 is 2.04 bits per heavy atom. The van der Waals surface area contributed by atoms with Gasteiger partial charge in [0.1, 0.15) is 18.5 Å². The number of benzene rings is 2. The van der Waals surface area contributed by atoms with Crippen molar-refractivity contribution in [3.63, 3.8) is 0 Å². The third-order valence-electron chi connectivity index (χ3n) is 3.71. The maximum atomic E-state index is 13.2. The number of nitrogens with zero attached hydrogens (tertiary/aromatic N) is 3. The van der Waals surface area contributed by atoms with Crippen molar-refractivity contribution < 1.29 is 9.18 Å². The molecule has 1 N–H and O–H groups in total. The first-order valence-corrected chi connectivity index (χ1v) is 7.60. The van der Waals surface area contributed by atoms with Crippen LogP contribution in [0.4, 0.5) is 4.39 Å². The smallest absolute Gasteiger partial charge is 0.224 e. The average molecular weight is 324 g/mol. The van der Waals surface area contributed by atoms with Gasteiger partial charge in [0, 0.05) is 0 Å². The molecule has 0 spiro atoms. The third kappa shape index (κ3) is 3.84. The van der Waals surface area contributed by atoms with E-state index >= 15 is 0 Å². The first-order chi connectivity index (χ1) is 11.6. The first kappa shape index (κ1) is 15.9. The van der Waals surface area contributed by atoms with E-state index in [0.29, 0.717) is 5.56 Å². The lowest BCUT2D eigenvalue weighted by Crippen LogP contribution is -2.28. The zero-order valence-corrected chi connectivity index (χ0v) is 13.2. The summed E-state index contributed by atoms with van der Waals surface area (Å²) in [4.78, 5) is 16.0. The van der Waals surface area contributed by atoms with Crippen molar-refractivity contribution >= 4 is 5.91 Å². The van der Waals surface area contributed by atoms with E-state index in [4.69, 9.17) is 0 Å². The van der Waals surface area contributed by atoms with E-state index in [0.717, 1.165) is 11.3 Å². The van der Waals surface area contributed by atoms with Gasteiger partial charge in [0.05, 0.1) is 18.2 Å². The summed E-state index contributed by atoms with van der Waals surface area (Å²) in [5.74, 6) is -0.481. The van der Waals surface area contributed by atoms with Gasteiger partial charge in [0.15, 0.2) is 0 Å². The van der Waals surface area contributed by atoms with Crippen molar-refractivity contribution in [1.82, 2.24) is 20.1 Å². The maximum absolute atomic E-state index is 13.2. The molecule has 24 heavy (non-hydrogen) atoms. The van der Waals surface area contributed by atoms with Gasteiger partial charge in [-0.2, -0.15) is 5.10 Å². The topological polar surface area (TPSA) is 59.8 Å². The van der Waals surface area contributed by atoms with Crippen LogP contribution in [-0.4, -0.2) is 20.7 Å².